The van der Waals surface area contributed by atoms with Crippen LogP contribution in [-0.2, 0) is 4.79 Å². The molecule has 0 aliphatic heterocycles. The number of rotatable bonds is 3. The van der Waals surface area contributed by atoms with E-state index in [1.165, 1.54) is 13.8 Å². The number of carbonyl (C=O) groups is 1. The van der Waals surface area contributed by atoms with Crippen molar-refractivity contribution >= 4 is 5.91 Å². The van der Waals surface area contributed by atoms with Crippen LogP contribution in [0, 0.1) is 0 Å². The number of carbonyl (C=O) groups excluding carboxylic acids is 1. The quantitative estimate of drug-likeness (QED) is 0.670. The van der Waals surface area contributed by atoms with Gasteiger partial charge in [0.05, 0.1) is 0 Å². The first-order valence-corrected chi connectivity index (χ1v) is 3.87. The van der Waals surface area contributed by atoms with E-state index in [0.717, 1.165) is 6.42 Å². The van der Waals surface area contributed by atoms with Crippen molar-refractivity contribution in [2.45, 2.75) is 45.8 Å². The summed E-state index contributed by atoms with van der Waals surface area (Å²) in [6.07, 6.45) is 0.821. The number of hydrogen-bond acceptors (Lipinski definition) is 1. The standard InChI is InChI=1S/C8H16FNO/c1-5-6(2)10-7(11)8(3,4)9/h6H,5H2,1-4H3,(H,10,11). The summed E-state index contributed by atoms with van der Waals surface area (Å²) in [4.78, 5) is 10.9. The van der Waals surface area contributed by atoms with Gasteiger partial charge in [-0.15, -0.1) is 0 Å². The summed E-state index contributed by atoms with van der Waals surface area (Å²) in [5.41, 5.74) is -1.76. The Bertz CT molecular complexity index is 140. The van der Waals surface area contributed by atoms with Gasteiger partial charge in [-0.3, -0.25) is 4.79 Å². The van der Waals surface area contributed by atoms with Crippen LogP contribution in [0.25, 0.3) is 0 Å². The van der Waals surface area contributed by atoms with Gasteiger partial charge in [-0.05, 0) is 27.2 Å². The predicted octanol–water partition coefficient (Wildman–Crippen LogP) is 1.65. The molecule has 0 saturated carbocycles. The van der Waals surface area contributed by atoms with E-state index in [0.29, 0.717) is 0 Å². The van der Waals surface area contributed by atoms with Crippen LogP contribution in [0.3, 0.4) is 0 Å². The Labute approximate surface area is 67.2 Å². The van der Waals surface area contributed by atoms with Gasteiger partial charge >= 0.3 is 0 Å². The summed E-state index contributed by atoms with van der Waals surface area (Å²) in [6, 6.07) is 0.0533. The van der Waals surface area contributed by atoms with Gasteiger partial charge in [0.15, 0.2) is 5.67 Å². The van der Waals surface area contributed by atoms with Gasteiger partial charge in [-0.1, -0.05) is 6.92 Å². The molecule has 0 saturated heterocycles. The van der Waals surface area contributed by atoms with Crippen molar-refractivity contribution in [1.82, 2.24) is 5.32 Å². The Morgan fingerprint density at radius 3 is 2.36 bits per heavy atom. The molecule has 1 atom stereocenters. The Morgan fingerprint density at radius 1 is 1.64 bits per heavy atom. The summed E-state index contributed by atoms with van der Waals surface area (Å²) in [5.74, 6) is -0.535. The number of alkyl halides is 1. The minimum atomic E-state index is -1.76. The monoisotopic (exact) mass is 161 g/mol. The van der Waals surface area contributed by atoms with E-state index in [4.69, 9.17) is 0 Å². The third-order valence-electron chi connectivity index (χ3n) is 1.53. The smallest absolute Gasteiger partial charge is 0.257 e. The maximum atomic E-state index is 12.9. The lowest BCUT2D eigenvalue weighted by molar-refractivity contribution is -0.131. The normalized spacial score (nSPS) is 14.3. The predicted molar refractivity (Wildman–Crippen MR) is 43.1 cm³/mol. The van der Waals surface area contributed by atoms with Crippen LogP contribution in [0.2, 0.25) is 0 Å². The van der Waals surface area contributed by atoms with Crippen LogP contribution in [-0.4, -0.2) is 17.6 Å². The summed E-state index contributed by atoms with van der Waals surface area (Å²) in [7, 11) is 0. The van der Waals surface area contributed by atoms with Gasteiger partial charge in [0, 0.05) is 6.04 Å². The molecular formula is C8H16FNO. The lowest BCUT2D eigenvalue weighted by Gasteiger charge is -2.17. The SMILES string of the molecule is CCC(C)NC(=O)C(C)(C)F. The van der Waals surface area contributed by atoms with Crippen LogP contribution in [0.5, 0.6) is 0 Å². The second-order valence-corrected chi connectivity index (χ2v) is 3.26. The molecule has 0 rings (SSSR count). The largest absolute Gasteiger partial charge is 0.351 e. The molecule has 0 heterocycles. The molecule has 0 aliphatic carbocycles. The fraction of sp³-hybridized carbons (Fsp3) is 0.875. The first-order chi connectivity index (χ1) is 4.88. The van der Waals surface area contributed by atoms with Gasteiger partial charge < -0.3 is 5.32 Å². The van der Waals surface area contributed by atoms with Crippen LogP contribution in [0.1, 0.15) is 34.1 Å². The maximum Gasteiger partial charge on any atom is 0.257 e. The van der Waals surface area contributed by atoms with E-state index in [9.17, 15) is 9.18 Å². The third kappa shape index (κ3) is 3.96. The van der Waals surface area contributed by atoms with Crippen molar-refractivity contribution in [2.24, 2.45) is 0 Å². The van der Waals surface area contributed by atoms with Gasteiger partial charge in [-0.25, -0.2) is 4.39 Å². The molecule has 0 bridgehead atoms. The molecule has 0 aromatic heterocycles. The Kier molecular flexibility index (Phi) is 3.49. The van der Waals surface area contributed by atoms with E-state index >= 15 is 0 Å². The van der Waals surface area contributed by atoms with Crippen LogP contribution in [0.15, 0.2) is 0 Å². The van der Waals surface area contributed by atoms with Gasteiger partial charge in [0.25, 0.3) is 5.91 Å². The molecule has 2 nitrogen and oxygen atoms in total. The zero-order valence-electron chi connectivity index (χ0n) is 7.57. The van der Waals surface area contributed by atoms with Gasteiger partial charge in [-0.2, -0.15) is 0 Å². The van der Waals surface area contributed by atoms with Crippen molar-refractivity contribution < 1.29 is 9.18 Å². The molecule has 0 aliphatic rings. The van der Waals surface area contributed by atoms with Crippen molar-refractivity contribution in [2.75, 3.05) is 0 Å². The molecule has 1 N–H and O–H groups in total. The van der Waals surface area contributed by atoms with E-state index < -0.39 is 11.6 Å². The molecule has 0 fully saturated rings. The molecule has 0 aromatic rings. The highest BCUT2D eigenvalue weighted by molar-refractivity contribution is 5.84. The summed E-state index contributed by atoms with van der Waals surface area (Å²) in [5, 5.41) is 2.56. The highest BCUT2D eigenvalue weighted by Crippen LogP contribution is 2.08. The lowest BCUT2D eigenvalue weighted by Crippen LogP contribution is -2.42. The van der Waals surface area contributed by atoms with Crippen molar-refractivity contribution in [3.63, 3.8) is 0 Å². The van der Waals surface area contributed by atoms with Crippen LogP contribution < -0.4 is 5.32 Å². The molecule has 1 unspecified atom stereocenters. The van der Waals surface area contributed by atoms with Gasteiger partial charge in [0.2, 0.25) is 0 Å². The average molecular weight is 161 g/mol. The molecule has 0 aromatic carbocycles. The minimum Gasteiger partial charge on any atom is -0.351 e. The Balaban J connectivity index is 3.88. The fourth-order valence-electron chi connectivity index (χ4n) is 0.497. The van der Waals surface area contributed by atoms with Crippen molar-refractivity contribution in [3.8, 4) is 0 Å². The van der Waals surface area contributed by atoms with Crippen molar-refractivity contribution in [1.29, 1.82) is 0 Å². The zero-order chi connectivity index (χ0) is 9.07. The lowest BCUT2D eigenvalue weighted by atomic mass is 10.1. The zero-order valence-corrected chi connectivity index (χ0v) is 7.57. The number of amides is 1. The van der Waals surface area contributed by atoms with E-state index in [1.807, 2.05) is 13.8 Å². The molecule has 66 valence electrons. The molecule has 3 heteroatoms. The number of halogens is 1. The highest BCUT2D eigenvalue weighted by Gasteiger charge is 2.26. The molecule has 0 radical (unpaired) electrons. The maximum absolute atomic E-state index is 12.9. The summed E-state index contributed by atoms with van der Waals surface area (Å²) < 4.78 is 12.9. The molecular weight excluding hydrogens is 145 g/mol. The molecule has 0 spiro atoms. The van der Waals surface area contributed by atoms with E-state index in [-0.39, 0.29) is 6.04 Å². The fourth-order valence-corrected chi connectivity index (χ4v) is 0.497. The second kappa shape index (κ2) is 3.69. The summed E-state index contributed by atoms with van der Waals surface area (Å²) >= 11 is 0. The third-order valence-corrected chi connectivity index (χ3v) is 1.53. The number of nitrogens with one attached hydrogen (secondary N) is 1. The van der Waals surface area contributed by atoms with Crippen molar-refractivity contribution in [3.05, 3.63) is 0 Å². The first-order valence-electron chi connectivity index (χ1n) is 3.87. The topological polar surface area (TPSA) is 29.1 Å². The second-order valence-electron chi connectivity index (χ2n) is 3.26. The average Bonchev–Trinajstić information content (AvgIpc) is 1.85. The van der Waals surface area contributed by atoms with Crippen LogP contribution >= 0.6 is 0 Å². The Hall–Kier alpha value is -0.600. The molecule has 11 heavy (non-hydrogen) atoms. The molecule has 1 amide bonds. The van der Waals surface area contributed by atoms with Gasteiger partial charge in [0.1, 0.15) is 0 Å². The van der Waals surface area contributed by atoms with E-state index in [1.54, 1.807) is 0 Å². The first kappa shape index (κ1) is 10.4. The van der Waals surface area contributed by atoms with E-state index in [2.05, 4.69) is 5.32 Å². The Morgan fingerprint density at radius 2 is 2.09 bits per heavy atom. The number of hydrogen-bond donors (Lipinski definition) is 1. The minimum absolute atomic E-state index is 0.0533. The summed E-state index contributed by atoms with van der Waals surface area (Å²) in [6.45, 7) is 6.30. The van der Waals surface area contributed by atoms with Crippen LogP contribution in [0.4, 0.5) is 4.39 Å². The highest BCUT2D eigenvalue weighted by atomic mass is 19.1.